The van der Waals surface area contributed by atoms with Crippen LogP contribution in [0.1, 0.15) is 34.8 Å². The molecule has 5 nitrogen and oxygen atoms in total. The molecule has 0 heterocycles. The van der Waals surface area contributed by atoms with Crippen molar-refractivity contribution < 1.29 is 14.5 Å². The topological polar surface area (TPSA) is 69.4 Å². The molecule has 1 aromatic carbocycles. The minimum absolute atomic E-state index is 0.0200. The van der Waals surface area contributed by atoms with Gasteiger partial charge < -0.3 is 4.74 Å². The van der Waals surface area contributed by atoms with Crippen molar-refractivity contribution in [2.24, 2.45) is 0 Å². The van der Waals surface area contributed by atoms with E-state index in [4.69, 9.17) is 0 Å². The maximum absolute atomic E-state index is 11.5. The zero-order valence-electron chi connectivity index (χ0n) is 10.1. The quantitative estimate of drug-likeness (QED) is 0.458. The summed E-state index contributed by atoms with van der Waals surface area (Å²) in [4.78, 5) is 22.1. The summed E-state index contributed by atoms with van der Waals surface area (Å²) in [6, 6.07) is 3.16. The first-order valence-corrected chi connectivity index (χ1v) is 5.38. The van der Waals surface area contributed by atoms with Crippen molar-refractivity contribution in [2.45, 2.75) is 26.7 Å². The number of nitro benzene ring substituents is 1. The molecule has 0 bridgehead atoms. The second-order valence-electron chi connectivity index (χ2n) is 3.76. The molecular weight excluding hydrogens is 222 g/mol. The van der Waals surface area contributed by atoms with Crippen molar-refractivity contribution in [1.82, 2.24) is 0 Å². The standard InChI is InChI=1S/C12H15NO4/c1-4-5-9-8(2)6-7-10(12(14)17-3)11(9)13(15)16/h6-7H,4-5H2,1-3H3. The van der Waals surface area contributed by atoms with E-state index in [9.17, 15) is 14.9 Å². The van der Waals surface area contributed by atoms with Crippen LogP contribution >= 0.6 is 0 Å². The highest BCUT2D eigenvalue weighted by atomic mass is 16.6. The number of hydrogen-bond donors (Lipinski definition) is 0. The largest absolute Gasteiger partial charge is 0.465 e. The van der Waals surface area contributed by atoms with Crippen LogP contribution < -0.4 is 0 Å². The molecular formula is C12H15NO4. The minimum Gasteiger partial charge on any atom is -0.465 e. The van der Waals surface area contributed by atoms with E-state index in [0.29, 0.717) is 12.0 Å². The van der Waals surface area contributed by atoms with Crippen LogP contribution in [-0.2, 0) is 11.2 Å². The van der Waals surface area contributed by atoms with E-state index < -0.39 is 10.9 Å². The van der Waals surface area contributed by atoms with Crippen LogP contribution in [0.15, 0.2) is 12.1 Å². The van der Waals surface area contributed by atoms with Gasteiger partial charge in [0.15, 0.2) is 0 Å². The maximum atomic E-state index is 11.5. The summed E-state index contributed by atoms with van der Waals surface area (Å²) < 4.78 is 4.56. The Balaban J connectivity index is 3.47. The van der Waals surface area contributed by atoms with Crippen molar-refractivity contribution in [2.75, 3.05) is 7.11 Å². The number of carbonyl (C=O) groups excluding carboxylic acids is 1. The predicted molar refractivity (Wildman–Crippen MR) is 63.2 cm³/mol. The van der Waals surface area contributed by atoms with Crippen LogP contribution in [0.25, 0.3) is 0 Å². The van der Waals surface area contributed by atoms with Gasteiger partial charge in [-0.15, -0.1) is 0 Å². The van der Waals surface area contributed by atoms with Gasteiger partial charge in [0.05, 0.1) is 12.0 Å². The highest BCUT2D eigenvalue weighted by molar-refractivity contribution is 5.94. The van der Waals surface area contributed by atoms with E-state index >= 15 is 0 Å². The van der Waals surface area contributed by atoms with Crippen LogP contribution in [-0.4, -0.2) is 18.0 Å². The Morgan fingerprint density at radius 3 is 2.59 bits per heavy atom. The Labute approximate surface area is 99.5 Å². The number of hydrogen-bond acceptors (Lipinski definition) is 4. The third kappa shape index (κ3) is 2.61. The molecule has 5 heteroatoms. The molecule has 0 unspecified atom stereocenters. The van der Waals surface area contributed by atoms with Gasteiger partial charge in [-0.2, -0.15) is 0 Å². The average molecular weight is 237 g/mol. The van der Waals surface area contributed by atoms with Gasteiger partial charge >= 0.3 is 5.97 Å². The molecule has 0 aliphatic heterocycles. The second kappa shape index (κ2) is 5.43. The molecule has 92 valence electrons. The number of rotatable bonds is 4. The van der Waals surface area contributed by atoms with Crippen molar-refractivity contribution in [3.05, 3.63) is 38.9 Å². The van der Waals surface area contributed by atoms with Crippen LogP contribution in [0.5, 0.6) is 0 Å². The molecule has 0 atom stereocenters. The molecule has 0 N–H and O–H groups in total. The lowest BCUT2D eigenvalue weighted by Crippen LogP contribution is -2.09. The minimum atomic E-state index is -0.672. The smallest absolute Gasteiger partial charge is 0.344 e. The summed E-state index contributed by atoms with van der Waals surface area (Å²) in [5.41, 5.74) is 1.33. The van der Waals surface area contributed by atoms with Crippen LogP contribution in [0, 0.1) is 17.0 Å². The van der Waals surface area contributed by atoms with E-state index in [2.05, 4.69) is 4.74 Å². The fourth-order valence-corrected chi connectivity index (χ4v) is 1.79. The second-order valence-corrected chi connectivity index (χ2v) is 3.76. The zero-order chi connectivity index (χ0) is 13.0. The van der Waals surface area contributed by atoms with E-state index in [1.54, 1.807) is 13.0 Å². The number of aryl methyl sites for hydroxylation is 1. The highest BCUT2D eigenvalue weighted by Crippen LogP contribution is 2.28. The van der Waals surface area contributed by atoms with Crippen LogP contribution in [0.2, 0.25) is 0 Å². The fourth-order valence-electron chi connectivity index (χ4n) is 1.79. The summed E-state index contributed by atoms with van der Waals surface area (Å²) >= 11 is 0. The van der Waals surface area contributed by atoms with Crippen LogP contribution in [0.3, 0.4) is 0 Å². The molecule has 0 aliphatic carbocycles. The maximum Gasteiger partial charge on any atom is 0.344 e. The number of nitrogens with zero attached hydrogens (tertiary/aromatic N) is 1. The number of nitro groups is 1. The summed E-state index contributed by atoms with van der Waals surface area (Å²) in [5.74, 6) is -0.672. The third-order valence-electron chi connectivity index (χ3n) is 2.60. The lowest BCUT2D eigenvalue weighted by atomic mass is 9.98. The van der Waals surface area contributed by atoms with Gasteiger partial charge in [-0.05, 0) is 25.0 Å². The predicted octanol–water partition coefficient (Wildman–Crippen LogP) is 2.64. The Hall–Kier alpha value is -1.91. The average Bonchev–Trinajstić information content (AvgIpc) is 2.30. The van der Waals surface area contributed by atoms with E-state index in [0.717, 1.165) is 12.0 Å². The molecule has 0 radical (unpaired) electrons. The van der Waals surface area contributed by atoms with Gasteiger partial charge in [-0.3, -0.25) is 10.1 Å². The summed E-state index contributed by atoms with van der Waals surface area (Å²) in [5, 5.41) is 11.1. The number of benzene rings is 1. The Bertz CT molecular complexity index is 454. The van der Waals surface area contributed by atoms with E-state index in [-0.39, 0.29) is 11.3 Å². The molecule has 1 rings (SSSR count). The summed E-state index contributed by atoms with van der Waals surface area (Å²) in [6.45, 7) is 3.74. The van der Waals surface area contributed by atoms with Gasteiger partial charge in [-0.1, -0.05) is 19.4 Å². The van der Waals surface area contributed by atoms with Gasteiger partial charge in [0, 0.05) is 5.56 Å². The number of ether oxygens (including phenoxy) is 1. The highest BCUT2D eigenvalue weighted by Gasteiger charge is 2.25. The van der Waals surface area contributed by atoms with Crippen molar-refractivity contribution >= 4 is 11.7 Å². The normalized spacial score (nSPS) is 10.1. The van der Waals surface area contributed by atoms with E-state index in [1.165, 1.54) is 13.2 Å². The molecule has 17 heavy (non-hydrogen) atoms. The van der Waals surface area contributed by atoms with Gasteiger partial charge in [0.1, 0.15) is 5.56 Å². The number of esters is 1. The number of carbonyl (C=O) groups is 1. The Morgan fingerprint density at radius 1 is 1.47 bits per heavy atom. The fraction of sp³-hybridized carbons (Fsp3) is 0.417. The van der Waals surface area contributed by atoms with Gasteiger partial charge in [0.25, 0.3) is 5.69 Å². The first kappa shape index (κ1) is 13.2. The SMILES string of the molecule is CCCc1c(C)ccc(C(=O)OC)c1[N+](=O)[O-]. The molecule has 1 aromatic rings. The Morgan fingerprint density at radius 2 is 2.12 bits per heavy atom. The molecule has 0 aliphatic rings. The third-order valence-corrected chi connectivity index (χ3v) is 2.60. The van der Waals surface area contributed by atoms with Crippen molar-refractivity contribution in [1.29, 1.82) is 0 Å². The molecule has 0 fully saturated rings. The monoisotopic (exact) mass is 237 g/mol. The molecule has 0 saturated heterocycles. The zero-order valence-corrected chi connectivity index (χ0v) is 10.1. The summed E-state index contributed by atoms with van der Waals surface area (Å²) in [7, 11) is 1.21. The molecule has 0 spiro atoms. The lowest BCUT2D eigenvalue weighted by molar-refractivity contribution is -0.386. The van der Waals surface area contributed by atoms with Crippen molar-refractivity contribution in [3.8, 4) is 0 Å². The summed E-state index contributed by atoms with van der Waals surface area (Å²) in [6.07, 6.45) is 1.36. The van der Waals surface area contributed by atoms with Gasteiger partial charge in [0.2, 0.25) is 0 Å². The molecule has 0 aromatic heterocycles. The van der Waals surface area contributed by atoms with Crippen LogP contribution in [0.4, 0.5) is 5.69 Å². The Kier molecular flexibility index (Phi) is 4.20. The molecule has 0 saturated carbocycles. The first-order valence-electron chi connectivity index (χ1n) is 5.38. The lowest BCUT2D eigenvalue weighted by Gasteiger charge is -2.08. The first-order chi connectivity index (χ1) is 8.02. The molecule has 0 amide bonds. The van der Waals surface area contributed by atoms with Gasteiger partial charge in [-0.25, -0.2) is 4.79 Å². The van der Waals surface area contributed by atoms with E-state index in [1.807, 2.05) is 6.92 Å². The number of methoxy groups -OCH3 is 1. The van der Waals surface area contributed by atoms with Crippen molar-refractivity contribution in [3.63, 3.8) is 0 Å².